The molecule has 0 bridgehead atoms. The van der Waals surface area contributed by atoms with Gasteiger partial charge in [0.05, 0.1) is 0 Å². The SMILES string of the molecule is O=C(Nc1cccc(CCl)c1)C1CCCC1. The van der Waals surface area contributed by atoms with E-state index < -0.39 is 0 Å². The van der Waals surface area contributed by atoms with Crippen LogP contribution in [0.15, 0.2) is 24.3 Å². The van der Waals surface area contributed by atoms with Gasteiger partial charge in [-0.15, -0.1) is 11.6 Å². The zero-order chi connectivity index (χ0) is 11.4. The Labute approximate surface area is 101 Å². The van der Waals surface area contributed by atoms with E-state index in [1.54, 1.807) is 0 Å². The van der Waals surface area contributed by atoms with Crippen LogP contribution < -0.4 is 5.32 Å². The van der Waals surface area contributed by atoms with Crippen molar-refractivity contribution < 1.29 is 4.79 Å². The van der Waals surface area contributed by atoms with Crippen LogP contribution in [0.3, 0.4) is 0 Å². The summed E-state index contributed by atoms with van der Waals surface area (Å²) in [5.41, 5.74) is 1.89. The second-order valence-electron chi connectivity index (χ2n) is 4.30. The average Bonchev–Trinajstić information content (AvgIpc) is 2.83. The summed E-state index contributed by atoms with van der Waals surface area (Å²) in [6.45, 7) is 0. The van der Waals surface area contributed by atoms with Crippen molar-refractivity contribution in [3.63, 3.8) is 0 Å². The molecule has 0 saturated heterocycles. The molecule has 0 atom stereocenters. The van der Waals surface area contributed by atoms with Crippen molar-refractivity contribution in [1.82, 2.24) is 0 Å². The van der Waals surface area contributed by atoms with Crippen LogP contribution in [0.2, 0.25) is 0 Å². The van der Waals surface area contributed by atoms with Crippen molar-refractivity contribution in [3.05, 3.63) is 29.8 Å². The van der Waals surface area contributed by atoms with E-state index in [0.717, 1.165) is 24.1 Å². The van der Waals surface area contributed by atoms with Gasteiger partial charge in [-0.25, -0.2) is 0 Å². The molecule has 0 heterocycles. The van der Waals surface area contributed by atoms with E-state index in [2.05, 4.69) is 5.32 Å². The molecule has 3 heteroatoms. The van der Waals surface area contributed by atoms with Gasteiger partial charge in [-0.05, 0) is 30.5 Å². The van der Waals surface area contributed by atoms with Crippen molar-refractivity contribution in [1.29, 1.82) is 0 Å². The number of carbonyl (C=O) groups is 1. The number of nitrogens with one attached hydrogen (secondary N) is 1. The number of benzene rings is 1. The minimum atomic E-state index is 0.157. The molecule has 0 spiro atoms. The van der Waals surface area contributed by atoms with Gasteiger partial charge in [-0.1, -0.05) is 25.0 Å². The van der Waals surface area contributed by atoms with Gasteiger partial charge < -0.3 is 5.32 Å². The highest BCUT2D eigenvalue weighted by Gasteiger charge is 2.22. The van der Waals surface area contributed by atoms with Gasteiger partial charge in [-0.3, -0.25) is 4.79 Å². The predicted octanol–water partition coefficient (Wildman–Crippen LogP) is 3.55. The molecule has 1 saturated carbocycles. The minimum absolute atomic E-state index is 0.157. The third kappa shape index (κ3) is 2.76. The Morgan fingerprint density at radius 2 is 2.12 bits per heavy atom. The maximum atomic E-state index is 11.9. The maximum absolute atomic E-state index is 11.9. The van der Waals surface area contributed by atoms with Crippen LogP contribution in [-0.4, -0.2) is 5.91 Å². The molecule has 0 aromatic heterocycles. The Balaban J connectivity index is 1.99. The molecule has 2 nitrogen and oxygen atoms in total. The number of anilines is 1. The second-order valence-corrected chi connectivity index (χ2v) is 4.57. The zero-order valence-corrected chi connectivity index (χ0v) is 9.96. The lowest BCUT2D eigenvalue weighted by atomic mass is 10.1. The first-order valence-corrected chi connectivity index (χ1v) is 6.29. The highest BCUT2D eigenvalue weighted by atomic mass is 35.5. The van der Waals surface area contributed by atoms with Crippen molar-refractivity contribution >= 4 is 23.2 Å². The summed E-state index contributed by atoms with van der Waals surface area (Å²) in [7, 11) is 0. The lowest BCUT2D eigenvalue weighted by Crippen LogP contribution is -2.20. The summed E-state index contributed by atoms with van der Waals surface area (Å²) in [5.74, 6) is 0.844. The van der Waals surface area contributed by atoms with Gasteiger partial charge in [0.15, 0.2) is 0 Å². The van der Waals surface area contributed by atoms with Gasteiger partial charge in [0.2, 0.25) is 5.91 Å². The van der Waals surface area contributed by atoms with E-state index >= 15 is 0 Å². The third-order valence-electron chi connectivity index (χ3n) is 3.07. The van der Waals surface area contributed by atoms with Crippen LogP contribution in [0.25, 0.3) is 0 Å². The van der Waals surface area contributed by atoms with Crippen LogP contribution in [0, 0.1) is 5.92 Å². The van der Waals surface area contributed by atoms with Crippen LogP contribution in [0.1, 0.15) is 31.2 Å². The summed E-state index contributed by atoms with van der Waals surface area (Å²) < 4.78 is 0. The molecule has 1 N–H and O–H groups in total. The molecule has 16 heavy (non-hydrogen) atoms. The predicted molar refractivity (Wildman–Crippen MR) is 66.6 cm³/mol. The van der Waals surface area contributed by atoms with Crippen LogP contribution >= 0.6 is 11.6 Å². The number of carbonyl (C=O) groups excluding carboxylic acids is 1. The fraction of sp³-hybridized carbons (Fsp3) is 0.462. The van der Waals surface area contributed by atoms with Gasteiger partial charge in [-0.2, -0.15) is 0 Å². The molecule has 1 aliphatic rings. The van der Waals surface area contributed by atoms with Gasteiger partial charge in [0, 0.05) is 17.5 Å². The highest BCUT2D eigenvalue weighted by molar-refractivity contribution is 6.17. The monoisotopic (exact) mass is 237 g/mol. The molecule has 1 aromatic carbocycles. The van der Waals surface area contributed by atoms with Crippen molar-refractivity contribution in [2.75, 3.05) is 5.32 Å². The number of hydrogen-bond donors (Lipinski definition) is 1. The van der Waals surface area contributed by atoms with Crippen LogP contribution in [0.4, 0.5) is 5.69 Å². The zero-order valence-electron chi connectivity index (χ0n) is 9.21. The second kappa shape index (κ2) is 5.35. The van der Waals surface area contributed by atoms with Crippen molar-refractivity contribution in [2.24, 2.45) is 5.92 Å². The molecule has 1 fully saturated rings. The van der Waals surface area contributed by atoms with Crippen LogP contribution in [-0.2, 0) is 10.7 Å². The Bertz CT molecular complexity index is 372. The van der Waals surface area contributed by atoms with Crippen molar-refractivity contribution in [3.8, 4) is 0 Å². The Kier molecular flexibility index (Phi) is 3.83. The quantitative estimate of drug-likeness (QED) is 0.801. The topological polar surface area (TPSA) is 29.1 Å². The van der Waals surface area contributed by atoms with Crippen molar-refractivity contribution in [2.45, 2.75) is 31.6 Å². The average molecular weight is 238 g/mol. The number of rotatable bonds is 3. The number of hydrogen-bond acceptors (Lipinski definition) is 1. The first-order chi connectivity index (χ1) is 7.79. The van der Waals surface area contributed by atoms with E-state index in [1.165, 1.54) is 12.8 Å². The lowest BCUT2D eigenvalue weighted by molar-refractivity contribution is -0.119. The van der Waals surface area contributed by atoms with E-state index in [4.69, 9.17) is 11.6 Å². The molecule has 86 valence electrons. The van der Waals surface area contributed by atoms with E-state index in [0.29, 0.717) is 5.88 Å². The molecule has 0 aliphatic heterocycles. The molecule has 1 aromatic rings. The lowest BCUT2D eigenvalue weighted by Gasteiger charge is -2.10. The molecular formula is C13H16ClNO. The smallest absolute Gasteiger partial charge is 0.227 e. The van der Waals surface area contributed by atoms with Crippen LogP contribution in [0.5, 0.6) is 0 Å². The van der Waals surface area contributed by atoms with E-state index in [-0.39, 0.29) is 11.8 Å². The summed E-state index contributed by atoms with van der Waals surface area (Å²) >= 11 is 5.75. The minimum Gasteiger partial charge on any atom is -0.326 e. The van der Waals surface area contributed by atoms with E-state index in [9.17, 15) is 4.79 Å². The highest BCUT2D eigenvalue weighted by Crippen LogP contribution is 2.26. The normalized spacial score (nSPS) is 16.3. The first-order valence-electron chi connectivity index (χ1n) is 5.75. The molecule has 2 rings (SSSR count). The fourth-order valence-corrected chi connectivity index (χ4v) is 2.33. The summed E-state index contributed by atoms with van der Waals surface area (Å²) in [5, 5.41) is 2.96. The van der Waals surface area contributed by atoms with Gasteiger partial charge >= 0.3 is 0 Å². The fourth-order valence-electron chi connectivity index (χ4n) is 2.16. The Hall–Kier alpha value is -1.02. The molecule has 1 amide bonds. The molecule has 1 aliphatic carbocycles. The summed E-state index contributed by atoms with van der Waals surface area (Å²) in [6, 6.07) is 7.71. The molecule has 0 radical (unpaired) electrons. The summed E-state index contributed by atoms with van der Waals surface area (Å²) in [4.78, 5) is 11.9. The van der Waals surface area contributed by atoms with Gasteiger partial charge in [0.25, 0.3) is 0 Å². The Morgan fingerprint density at radius 3 is 2.81 bits per heavy atom. The molecular weight excluding hydrogens is 222 g/mol. The largest absolute Gasteiger partial charge is 0.326 e. The third-order valence-corrected chi connectivity index (χ3v) is 3.38. The maximum Gasteiger partial charge on any atom is 0.227 e. The first kappa shape index (κ1) is 11.5. The van der Waals surface area contributed by atoms with Gasteiger partial charge in [0.1, 0.15) is 0 Å². The summed E-state index contributed by atoms with van der Waals surface area (Å²) in [6.07, 6.45) is 4.42. The number of amides is 1. The Morgan fingerprint density at radius 1 is 1.38 bits per heavy atom. The number of alkyl halides is 1. The number of halogens is 1. The molecule has 0 unspecified atom stereocenters. The standard InChI is InChI=1S/C13H16ClNO/c14-9-10-4-3-7-12(8-10)15-13(16)11-5-1-2-6-11/h3-4,7-8,11H,1-2,5-6,9H2,(H,15,16). The van der Waals surface area contributed by atoms with E-state index in [1.807, 2.05) is 24.3 Å².